The molecule has 0 bridgehead atoms. The molecule has 0 heterocycles. The van der Waals surface area contributed by atoms with E-state index < -0.39 is 11.6 Å². The third-order valence-corrected chi connectivity index (χ3v) is 2.75. The minimum absolute atomic E-state index is 0.397. The van der Waals surface area contributed by atoms with Crippen molar-refractivity contribution in [2.75, 3.05) is 0 Å². The van der Waals surface area contributed by atoms with Gasteiger partial charge in [-0.15, -0.1) is 0 Å². The first kappa shape index (κ1) is 11.8. The second-order valence-electron chi connectivity index (χ2n) is 4.44. The minimum Gasteiger partial charge on any atom is -0.207 e. The molecule has 0 atom stereocenters. The summed E-state index contributed by atoms with van der Waals surface area (Å²) in [5.74, 6) is -0.696. The van der Waals surface area contributed by atoms with Crippen LogP contribution >= 0.6 is 0 Å². The standard InChI is InChI=1S/C15H14F2/c1-10(2)11-4-3-5-12(6-11)13-7-14(16)9-15(17)8-13/h3-10H,1-2H3. The summed E-state index contributed by atoms with van der Waals surface area (Å²) in [5.41, 5.74) is 2.58. The van der Waals surface area contributed by atoms with Crippen LogP contribution in [0.15, 0.2) is 42.5 Å². The molecule has 0 amide bonds. The lowest BCUT2D eigenvalue weighted by atomic mass is 9.97. The topological polar surface area (TPSA) is 0 Å². The lowest BCUT2D eigenvalue weighted by molar-refractivity contribution is 0.584. The van der Waals surface area contributed by atoms with Crippen molar-refractivity contribution in [1.29, 1.82) is 0 Å². The van der Waals surface area contributed by atoms with Gasteiger partial charge >= 0.3 is 0 Å². The van der Waals surface area contributed by atoms with Crippen LogP contribution in [0.1, 0.15) is 25.3 Å². The maximum atomic E-state index is 13.1. The van der Waals surface area contributed by atoms with Crippen LogP contribution in [0.3, 0.4) is 0 Å². The first-order chi connectivity index (χ1) is 8.06. The van der Waals surface area contributed by atoms with Crippen molar-refractivity contribution in [3.8, 4) is 11.1 Å². The molecule has 0 radical (unpaired) electrons. The summed E-state index contributed by atoms with van der Waals surface area (Å²) >= 11 is 0. The van der Waals surface area contributed by atoms with Crippen LogP contribution in [0.25, 0.3) is 11.1 Å². The van der Waals surface area contributed by atoms with E-state index in [2.05, 4.69) is 13.8 Å². The van der Waals surface area contributed by atoms with E-state index in [-0.39, 0.29) is 0 Å². The Balaban J connectivity index is 2.49. The molecule has 2 rings (SSSR count). The maximum absolute atomic E-state index is 13.1. The lowest BCUT2D eigenvalue weighted by Gasteiger charge is -2.08. The molecule has 0 unspecified atom stereocenters. The predicted molar refractivity (Wildman–Crippen MR) is 65.9 cm³/mol. The van der Waals surface area contributed by atoms with Crippen molar-refractivity contribution in [3.05, 3.63) is 59.7 Å². The van der Waals surface area contributed by atoms with Crippen LogP contribution in [-0.2, 0) is 0 Å². The summed E-state index contributed by atoms with van der Waals surface area (Å²) < 4.78 is 26.3. The summed E-state index contributed by atoms with van der Waals surface area (Å²) in [4.78, 5) is 0. The Bertz CT molecular complexity index is 510. The quantitative estimate of drug-likeness (QED) is 0.700. The highest BCUT2D eigenvalue weighted by atomic mass is 19.1. The van der Waals surface area contributed by atoms with Crippen molar-refractivity contribution in [2.45, 2.75) is 19.8 Å². The van der Waals surface area contributed by atoms with Gasteiger partial charge in [-0.25, -0.2) is 8.78 Å². The largest absolute Gasteiger partial charge is 0.207 e. The van der Waals surface area contributed by atoms with Crippen LogP contribution in [0, 0.1) is 11.6 Å². The van der Waals surface area contributed by atoms with Gasteiger partial charge in [0, 0.05) is 6.07 Å². The Morgan fingerprint density at radius 1 is 0.824 bits per heavy atom. The Hall–Kier alpha value is -1.70. The van der Waals surface area contributed by atoms with E-state index in [0.29, 0.717) is 11.5 Å². The highest BCUT2D eigenvalue weighted by Crippen LogP contribution is 2.25. The zero-order valence-corrected chi connectivity index (χ0v) is 9.87. The summed E-state index contributed by atoms with van der Waals surface area (Å²) in [6.45, 7) is 4.18. The van der Waals surface area contributed by atoms with E-state index in [4.69, 9.17) is 0 Å². The van der Waals surface area contributed by atoms with Gasteiger partial charge in [0.15, 0.2) is 0 Å². The third kappa shape index (κ3) is 2.70. The lowest BCUT2D eigenvalue weighted by Crippen LogP contribution is -1.89. The molecule has 2 aromatic rings. The summed E-state index contributed by atoms with van der Waals surface area (Å²) in [6, 6.07) is 11.3. The Kier molecular flexibility index (Phi) is 3.23. The van der Waals surface area contributed by atoms with Crippen LogP contribution in [0.2, 0.25) is 0 Å². The fourth-order valence-corrected chi connectivity index (χ4v) is 1.80. The number of halogens is 2. The SMILES string of the molecule is CC(C)c1cccc(-c2cc(F)cc(F)c2)c1. The normalized spacial score (nSPS) is 10.9. The molecule has 0 aliphatic heterocycles. The van der Waals surface area contributed by atoms with Crippen LogP contribution < -0.4 is 0 Å². The smallest absolute Gasteiger partial charge is 0.126 e. The predicted octanol–water partition coefficient (Wildman–Crippen LogP) is 4.76. The first-order valence-corrected chi connectivity index (χ1v) is 5.62. The molecule has 2 aromatic carbocycles. The van der Waals surface area contributed by atoms with Gasteiger partial charge in [0.05, 0.1) is 0 Å². The van der Waals surface area contributed by atoms with E-state index >= 15 is 0 Å². The van der Waals surface area contributed by atoms with E-state index in [0.717, 1.165) is 17.2 Å². The number of rotatable bonds is 2. The highest BCUT2D eigenvalue weighted by Gasteiger charge is 2.05. The van der Waals surface area contributed by atoms with Gasteiger partial charge in [0.25, 0.3) is 0 Å². The zero-order chi connectivity index (χ0) is 12.4. The fourth-order valence-electron chi connectivity index (χ4n) is 1.80. The van der Waals surface area contributed by atoms with Crippen molar-refractivity contribution in [2.24, 2.45) is 0 Å². The zero-order valence-electron chi connectivity index (χ0n) is 9.87. The van der Waals surface area contributed by atoms with Gasteiger partial charge in [0.2, 0.25) is 0 Å². The van der Waals surface area contributed by atoms with E-state index in [1.54, 1.807) is 0 Å². The van der Waals surface area contributed by atoms with Crippen LogP contribution in [-0.4, -0.2) is 0 Å². The van der Waals surface area contributed by atoms with Crippen LogP contribution in [0.5, 0.6) is 0 Å². The van der Waals surface area contributed by atoms with Crippen LogP contribution in [0.4, 0.5) is 8.78 Å². The van der Waals surface area contributed by atoms with E-state index in [1.165, 1.54) is 12.1 Å². The molecule has 0 saturated carbocycles. The Labute approximate surface area is 99.9 Å². The van der Waals surface area contributed by atoms with Gasteiger partial charge < -0.3 is 0 Å². The molecule has 17 heavy (non-hydrogen) atoms. The average molecular weight is 232 g/mol. The fraction of sp³-hybridized carbons (Fsp3) is 0.200. The molecule has 0 aliphatic carbocycles. The van der Waals surface area contributed by atoms with Gasteiger partial charge in [-0.2, -0.15) is 0 Å². The molecule has 0 nitrogen and oxygen atoms in total. The molecular formula is C15H14F2. The van der Waals surface area contributed by atoms with Crippen molar-refractivity contribution >= 4 is 0 Å². The van der Waals surface area contributed by atoms with Crippen molar-refractivity contribution in [1.82, 2.24) is 0 Å². The van der Waals surface area contributed by atoms with Crippen molar-refractivity contribution < 1.29 is 8.78 Å². The second-order valence-corrected chi connectivity index (χ2v) is 4.44. The number of benzene rings is 2. The molecule has 0 aromatic heterocycles. The van der Waals surface area contributed by atoms with Gasteiger partial charge in [0.1, 0.15) is 11.6 Å². The molecule has 0 saturated heterocycles. The minimum atomic E-state index is -0.546. The molecule has 0 N–H and O–H groups in total. The van der Waals surface area contributed by atoms with E-state index in [1.807, 2.05) is 24.3 Å². The van der Waals surface area contributed by atoms with Gasteiger partial charge in [-0.3, -0.25) is 0 Å². The molecule has 2 heteroatoms. The second kappa shape index (κ2) is 4.66. The monoisotopic (exact) mass is 232 g/mol. The average Bonchev–Trinajstić information content (AvgIpc) is 2.28. The first-order valence-electron chi connectivity index (χ1n) is 5.62. The number of hydrogen-bond donors (Lipinski definition) is 0. The van der Waals surface area contributed by atoms with Gasteiger partial charge in [-0.1, -0.05) is 38.1 Å². The summed E-state index contributed by atoms with van der Waals surface area (Å²) in [6.07, 6.45) is 0. The molecule has 0 aliphatic rings. The van der Waals surface area contributed by atoms with Crippen molar-refractivity contribution in [3.63, 3.8) is 0 Å². The highest BCUT2D eigenvalue weighted by molar-refractivity contribution is 5.64. The summed E-state index contributed by atoms with van der Waals surface area (Å²) in [7, 11) is 0. The third-order valence-electron chi connectivity index (χ3n) is 2.75. The number of hydrogen-bond acceptors (Lipinski definition) is 0. The Morgan fingerprint density at radius 3 is 2.06 bits per heavy atom. The molecule has 0 spiro atoms. The van der Waals surface area contributed by atoms with Gasteiger partial charge in [-0.05, 0) is 34.7 Å². The van der Waals surface area contributed by atoms with E-state index in [9.17, 15) is 8.78 Å². The Morgan fingerprint density at radius 2 is 1.47 bits per heavy atom. The summed E-state index contributed by atoms with van der Waals surface area (Å²) in [5, 5.41) is 0. The maximum Gasteiger partial charge on any atom is 0.126 e. The molecule has 0 fully saturated rings. The molecule has 88 valence electrons. The molecular weight excluding hydrogens is 218 g/mol.